The lowest BCUT2D eigenvalue weighted by Gasteiger charge is -2.42. The van der Waals surface area contributed by atoms with E-state index in [9.17, 15) is 9.90 Å². The largest absolute Gasteiger partial charge is 0.485 e. The summed E-state index contributed by atoms with van der Waals surface area (Å²) in [5.74, 6) is 0.559. The van der Waals surface area contributed by atoms with Gasteiger partial charge in [-0.3, -0.25) is 4.79 Å². The lowest BCUT2D eigenvalue weighted by Crippen LogP contribution is -2.52. The first-order valence-corrected chi connectivity index (χ1v) is 7.28. The van der Waals surface area contributed by atoms with Gasteiger partial charge in [0.2, 0.25) is 0 Å². The van der Waals surface area contributed by atoms with Gasteiger partial charge in [-0.25, -0.2) is 4.63 Å². The molecule has 2 atom stereocenters. The number of aliphatic hydroxyl groups excluding tert-OH is 1. The summed E-state index contributed by atoms with van der Waals surface area (Å²) in [7, 11) is 0. The molecule has 0 amide bonds. The van der Waals surface area contributed by atoms with Gasteiger partial charge in [0.25, 0.3) is 5.56 Å². The molecule has 0 bridgehead atoms. The van der Waals surface area contributed by atoms with Gasteiger partial charge in [0.15, 0.2) is 0 Å². The van der Waals surface area contributed by atoms with Gasteiger partial charge in [-0.2, -0.15) is 0 Å². The van der Waals surface area contributed by atoms with E-state index in [1.807, 2.05) is 0 Å². The summed E-state index contributed by atoms with van der Waals surface area (Å²) in [6.07, 6.45) is 0.750. The maximum absolute atomic E-state index is 12.3. The smallest absolute Gasteiger partial charge is 0.251 e. The summed E-state index contributed by atoms with van der Waals surface area (Å²) in [5, 5.41) is 18.4. The van der Waals surface area contributed by atoms with E-state index in [4.69, 9.17) is 9.37 Å². The van der Waals surface area contributed by atoms with Crippen LogP contribution in [0.25, 0.3) is 11.0 Å². The minimum atomic E-state index is -0.910. The van der Waals surface area contributed by atoms with Crippen LogP contribution < -0.4 is 10.3 Å². The lowest BCUT2D eigenvalue weighted by molar-refractivity contribution is -0.0641. The Hall–Kier alpha value is -2.67. The van der Waals surface area contributed by atoms with Crippen molar-refractivity contribution in [1.29, 1.82) is 0 Å². The Bertz CT molecular complexity index is 944. The maximum atomic E-state index is 12.3. The topological polar surface area (TPSA) is 90.4 Å². The third-order valence-electron chi connectivity index (χ3n) is 4.24. The summed E-state index contributed by atoms with van der Waals surface area (Å²) >= 11 is 0. The molecule has 3 aromatic rings. The fourth-order valence-corrected chi connectivity index (χ4v) is 3.01. The van der Waals surface area contributed by atoms with Crippen LogP contribution in [0.15, 0.2) is 46.0 Å². The molecule has 1 aliphatic heterocycles. The van der Waals surface area contributed by atoms with Gasteiger partial charge in [-0.15, -0.1) is 0 Å². The molecule has 0 spiro atoms. The van der Waals surface area contributed by atoms with Crippen LogP contribution in [0.4, 0.5) is 0 Å². The molecular weight excluding hydrogens is 298 g/mol. The molecule has 0 saturated carbocycles. The van der Waals surface area contributed by atoms with Crippen LogP contribution in [0.2, 0.25) is 0 Å². The van der Waals surface area contributed by atoms with Gasteiger partial charge in [-0.05, 0) is 36.3 Å². The quantitative estimate of drug-likeness (QED) is 0.732. The van der Waals surface area contributed by atoms with E-state index < -0.39 is 17.7 Å². The number of aliphatic hydroxyl groups is 1. The molecule has 7 nitrogen and oxygen atoms in total. The molecule has 1 N–H and O–H groups in total. The molecule has 23 heavy (non-hydrogen) atoms. The number of hydrogen-bond donors (Lipinski definition) is 1. The van der Waals surface area contributed by atoms with Crippen molar-refractivity contribution in [2.75, 3.05) is 0 Å². The van der Waals surface area contributed by atoms with Crippen LogP contribution in [0, 0.1) is 0 Å². The molecule has 0 fully saturated rings. The van der Waals surface area contributed by atoms with Crippen molar-refractivity contribution in [2.45, 2.75) is 31.6 Å². The predicted octanol–water partition coefficient (Wildman–Crippen LogP) is 1.51. The number of benzene rings is 1. The molecule has 0 aliphatic carbocycles. The van der Waals surface area contributed by atoms with Crippen LogP contribution in [0.1, 0.15) is 25.5 Å². The highest BCUT2D eigenvalue weighted by atomic mass is 16.6. The molecule has 1 aromatic carbocycles. The first-order chi connectivity index (χ1) is 11.0. The third kappa shape index (κ3) is 2.04. The van der Waals surface area contributed by atoms with Gasteiger partial charge in [0.05, 0.1) is 6.04 Å². The van der Waals surface area contributed by atoms with Crippen molar-refractivity contribution in [3.63, 3.8) is 0 Å². The molecule has 3 heterocycles. The first kappa shape index (κ1) is 14.0. The molecule has 0 saturated heterocycles. The van der Waals surface area contributed by atoms with E-state index in [1.54, 1.807) is 44.3 Å². The zero-order chi connectivity index (χ0) is 16.2. The average molecular weight is 313 g/mol. The number of ether oxygens (including phenoxy) is 1. The second kappa shape index (κ2) is 4.66. The number of nitrogens with zero attached hydrogens (tertiary/aromatic N) is 3. The monoisotopic (exact) mass is 313 g/mol. The van der Waals surface area contributed by atoms with Crippen molar-refractivity contribution in [2.24, 2.45) is 0 Å². The summed E-state index contributed by atoms with van der Waals surface area (Å²) in [5.41, 5.74) is 0.730. The Morgan fingerprint density at radius 3 is 2.70 bits per heavy atom. The van der Waals surface area contributed by atoms with E-state index in [-0.39, 0.29) is 5.56 Å². The van der Waals surface area contributed by atoms with E-state index in [2.05, 4.69) is 10.3 Å². The fraction of sp³-hybridized carbons (Fsp3) is 0.312. The highest BCUT2D eigenvalue weighted by Gasteiger charge is 2.44. The molecule has 2 unspecified atom stereocenters. The summed E-state index contributed by atoms with van der Waals surface area (Å²) in [6.45, 7) is 3.57. The van der Waals surface area contributed by atoms with Crippen molar-refractivity contribution >= 4 is 11.0 Å². The highest BCUT2D eigenvalue weighted by molar-refractivity contribution is 5.77. The fourth-order valence-electron chi connectivity index (χ4n) is 3.01. The number of pyridine rings is 1. The number of fused-ring (bicyclic) bond motifs is 2. The predicted molar refractivity (Wildman–Crippen MR) is 81.4 cm³/mol. The number of aromatic nitrogens is 3. The standard InChI is InChI=1S/C16H15N3O4/c1-16(2)15(21)14(19-6-4-3-5-13(19)20)9-7-10-11(18-23-17-10)8-12(9)22-16/h3-8,14-15,21H,1-2H3. The lowest BCUT2D eigenvalue weighted by atomic mass is 9.86. The van der Waals surface area contributed by atoms with E-state index >= 15 is 0 Å². The van der Waals surface area contributed by atoms with E-state index in [1.165, 1.54) is 10.6 Å². The van der Waals surface area contributed by atoms with Gasteiger partial charge < -0.3 is 14.4 Å². The van der Waals surface area contributed by atoms with Crippen LogP contribution in [-0.2, 0) is 0 Å². The zero-order valence-corrected chi connectivity index (χ0v) is 12.6. The zero-order valence-electron chi connectivity index (χ0n) is 12.6. The highest BCUT2D eigenvalue weighted by Crippen LogP contribution is 2.42. The van der Waals surface area contributed by atoms with E-state index in [0.29, 0.717) is 22.3 Å². The second-order valence-electron chi connectivity index (χ2n) is 6.18. The van der Waals surface area contributed by atoms with Crippen molar-refractivity contribution in [3.05, 3.63) is 52.4 Å². The van der Waals surface area contributed by atoms with Crippen LogP contribution in [0.3, 0.4) is 0 Å². The SMILES string of the molecule is CC1(C)Oc2cc3nonc3cc2C(n2ccccc2=O)C1O. The number of rotatable bonds is 1. The maximum Gasteiger partial charge on any atom is 0.251 e. The van der Waals surface area contributed by atoms with Crippen LogP contribution in [0.5, 0.6) is 5.75 Å². The number of hydrogen-bond acceptors (Lipinski definition) is 6. The molecule has 1 aliphatic rings. The first-order valence-electron chi connectivity index (χ1n) is 7.28. The van der Waals surface area contributed by atoms with Crippen molar-refractivity contribution < 1.29 is 14.5 Å². The molecule has 4 rings (SSSR count). The normalized spacial score (nSPS) is 22.6. The van der Waals surface area contributed by atoms with Gasteiger partial charge >= 0.3 is 0 Å². The third-order valence-corrected chi connectivity index (χ3v) is 4.24. The molecular formula is C16H15N3O4. The molecule has 7 heteroatoms. The van der Waals surface area contributed by atoms with Crippen LogP contribution >= 0.6 is 0 Å². The summed E-state index contributed by atoms with van der Waals surface area (Å²) < 4.78 is 12.2. The Morgan fingerprint density at radius 1 is 1.22 bits per heavy atom. The minimum Gasteiger partial charge on any atom is -0.485 e. The van der Waals surface area contributed by atoms with E-state index in [0.717, 1.165) is 0 Å². The summed E-state index contributed by atoms with van der Waals surface area (Å²) in [4.78, 5) is 12.3. The minimum absolute atomic E-state index is 0.196. The Labute approximate surface area is 131 Å². The van der Waals surface area contributed by atoms with Gasteiger partial charge in [-0.1, -0.05) is 6.07 Å². The Morgan fingerprint density at radius 2 is 1.96 bits per heavy atom. The van der Waals surface area contributed by atoms with Crippen molar-refractivity contribution in [1.82, 2.24) is 14.9 Å². The van der Waals surface area contributed by atoms with Crippen LogP contribution in [-0.4, -0.2) is 31.7 Å². The average Bonchev–Trinajstić information content (AvgIpc) is 2.95. The Balaban J connectivity index is 2.01. The molecule has 2 aromatic heterocycles. The van der Waals surface area contributed by atoms with Gasteiger partial charge in [0.1, 0.15) is 28.5 Å². The second-order valence-corrected chi connectivity index (χ2v) is 6.18. The van der Waals surface area contributed by atoms with Gasteiger partial charge in [0, 0.05) is 23.9 Å². The van der Waals surface area contributed by atoms with Crippen molar-refractivity contribution in [3.8, 4) is 5.75 Å². The Kier molecular flexibility index (Phi) is 2.83. The summed E-state index contributed by atoms with van der Waals surface area (Å²) in [6, 6.07) is 7.77. The molecule has 0 radical (unpaired) electrons. The molecule has 118 valence electrons.